The number of halogens is 3. The molecular weight excluding hydrogens is 320 g/mol. The monoisotopic (exact) mass is 333 g/mol. The maximum absolute atomic E-state index is 13.6. The summed E-state index contributed by atoms with van der Waals surface area (Å²) in [6, 6.07) is 2.67. The highest BCUT2D eigenvalue weighted by atomic mass is 35.5. The zero-order valence-corrected chi connectivity index (χ0v) is 12.8. The van der Waals surface area contributed by atoms with Gasteiger partial charge in [-0.25, -0.2) is 9.37 Å². The number of amides is 1. The third-order valence-corrected chi connectivity index (χ3v) is 3.45. The number of carbonyl (C=O) groups is 1. The van der Waals surface area contributed by atoms with Gasteiger partial charge < -0.3 is 14.6 Å². The lowest BCUT2D eigenvalue weighted by atomic mass is 10.3. The van der Waals surface area contributed by atoms with Crippen LogP contribution in [0.3, 0.4) is 0 Å². The molecule has 8 heteroatoms. The second-order valence-electron chi connectivity index (χ2n) is 4.35. The van der Waals surface area contributed by atoms with Crippen LogP contribution in [0.1, 0.15) is 5.82 Å². The van der Waals surface area contributed by atoms with E-state index in [1.54, 1.807) is 11.7 Å². The molecule has 0 spiro atoms. The number of fused-ring (bicyclic) bond motifs is 1. The Labute approximate surface area is 131 Å². The number of methoxy groups -OCH3 is 1. The second kappa shape index (κ2) is 7.06. The van der Waals surface area contributed by atoms with E-state index in [2.05, 4.69) is 10.3 Å². The van der Waals surface area contributed by atoms with Crippen molar-refractivity contribution in [2.24, 2.45) is 0 Å². The first-order chi connectivity index (χ1) is 10.1. The number of imidazole rings is 1. The van der Waals surface area contributed by atoms with Crippen molar-refractivity contribution in [3.05, 3.63) is 28.8 Å². The Morgan fingerprint density at radius 2 is 2.29 bits per heavy atom. The Balaban J connectivity index is 2.29. The van der Waals surface area contributed by atoms with Crippen molar-refractivity contribution in [3.8, 4) is 0 Å². The molecule has 0 aliphatic heterocycles. The SMILES string of the molecule is COCCNC(=O)Cn1c(CCl)nc2cc(Cl)c(F)cc21. The van der Waals surface area contributed by atoms with E-state index < -0.39 is 5.82 Å². The van der Waals surface area contributed by atoms with Crippen LogP contribution in [0.25, 0.3) is 11.0 Å². The zero-order valence-electron chi connectivity index (χ0n) is 11.3. The first-order valence-electron chi connectivity index (χ1n) is 6.22. The Kier molecular flexibility index (Phi) is 5.39. The lowest BCUT2D eigenvalue weighted by Gasteiger charge is -2.08. The van der Waals surface area contributed by atoms with Gasteiger partial charge in [0.05, 0.1) is 28.5 Å². The predicted octanol–water partition coefficient (Wildman–Crippen LogP) is 2.33. The third-order valence-electron chi connectivity index (χ3n) is 2.92. The van der Waals surface area contributed by atoms with Gasteiger partial charge in [-0.1, -0.05) is 11.6 Å². The number of nitrogens with zero attached hydrogens (tertiary/aromatic N) is 2. The molecule has 0 unspecified atom stereocenters. The van der Waals surface area contributed by atoms with E-state index in [9.17, 15) is 9.18 Å². The molecule has 1 aromatic carbocycles. The second-order valence-corrected chi connectivity index (χ2v) is 5.02. The summed E-state index contributed by atoms with van der Waals surface area (Å²) in [5.41, 5.74) is 0.983. The molecule has 114 valence electrons. The zero-order chi connectivity index (χ0) is 15.4. The van der Waals surface area contributed by atoms with Gasteiger partial charge in [-0.2, -0.15) is 0 Å². The van der Waals surface area contributed by atoms with Gasteiger partial charge in [0.2, 0.25) is 5.91 Å². The molecule has 1 heterocycles. The van der Waals surface area contributed by atoms with E-state index in [4.69, 9.17) is 27.9 Å². The summed E-state index contributed by atoms with van der Waals surface area (Å²) >= 11 is 11.6. The third kappa shape index (κ3) is 3.64. The minimum Gasteiger partial charge on any atom is -0.383 e. The van der Waals surface area contributed by atoms with Gasteiger partial charge in [-0.15, -0.1) is 11.6 Å². The highest BCUT2D eigenvalue weighted by molar-refractivity contribution is 6.31. The average Bonchev–Trinajstić information content (AvgIpc) is 2.77. The minimum atomic E-state index is -0.564. The predicted molar refractivity (Wildman–Crippen MR) is 79.1 cm³/mol. The van der Waals surface area contributed by atoms with Crippen molar-refractivity contribution in [3.63, 3.8) is 0 Å². The Morgan fingerprint density at radius 3 is 2.95 bits per heavy atom. The van der Waals surface area contributed by atoms with Crippen molar-refractivity contribution >= 4 is 40.1 Å². The maximum atomic E-state index is 13.6. The van der Waals surface area contributed by atoms with Gasteiger partial charge in [-0.3, -0.25) is 4.79 Å². The molecule has 2 rings (SSSR count). The summed E-state index contributed by atoms with van der Waals surface area (Å²) in [4.78, 5) is 16.1. The number of ether oxygens (including phenoxy) is 1. The lowest BCUT2D eigenvalue weighted by Crippen LogP contribution is -2.30. The van der Waals surface area contributed by atoms with Gasteiger partial charge >= 0.3 is 0 Å². The molecule has 5 nitrogen and oxygen atoms in total. The average molecular weight is 334 g/mol. The molecule has 0 aliphatic rings. The summed E-state index contributed by atoms with van der Waals surface area (Å²) in [6.45, 7) is 0.824. The van der Waals surface area contributed by atoms with Crippen molar-refractivity contribution in [1.29, 1.82) is 0 Å². The van der Waals surface area contributed by atoms with Crippen LogP contribution in [0.4, 0.5) is 4.39 Å². The number of aromatic nitrogens is 2. The fraction of sp³-hybridized carbons (Fsp3) is 0.385. The molecule has 0 bridgehead atoms. The molecule has 1 amide bonds. The number of rotatable bonds is 6. The summed E-state index contributed by atoms with van der Waals surface area (Å²) < 4.78 is 20.0. The van der Waals surface area contributed by atoms with Gasteiger partial charge in [0.15, 0.2) is 0 Å². The van der Waals surface area contributed by atoms with E-state index in [1.807, 2.05) is 0 Å². The number of hydrogen-bond donors (Lipinski definition) is 1. The molecular formula is C13H14Cl2FN3O2. The lowest BCUT2D eigenvalue weighted by molar-refractivity contribution is -0.121. The van der Waals surface area contributed by atoms with Crippen molar-refractivity contribution < 1.29 is 13.9 Å². The van der Waals surface area contributed by atoms with E-state index in [0.717, 1.165) is 0 Å². The van der Waals surface area contributed by atoms with Crippen LogP contribution in [0.2, 0.25) is 5.02 Å². The van der Waals surface area contributed by atoms with Crippen LogP contribution >= 0.6 is 23.2 Å². The fourth-order valence-electron chi connectivity index (χ4n) is 1.94. The van der Waals surface area contributed by atoms with E-state index in [-0.39, 0.29) is 23.4 Å². The van der Waals surface area contributed by atoms with Crippen LogP contribution in [0.5, 0.6) is 0 Å². The van der Waals surface area contributed by atoms with Gasteiger partial charge in [0.25, 0.3) is 0 Å². The van der Waals surface area contributed by atoms with Gasteiger partial charge in [-0.05, 0) is 6.07 Å². The maximum Gasteiger partial charge on any atom is 0.240 e. The van der Waals surface area contributed by atoms with E-state index >= 15 is 0 Å². The number of alkyl halides is 1. The topological polar surface area (TPSA) is 56.1 Å². The number of carbonyl (C=O) groups excluding carboxylic acids is 1. The van der Waals surface area contributed by atoms with Gasteiger partial charge in [0, 0.05) is 19.7 Å². The smallest absolute Gasteiger partial charge is 0.240 e. The van der Waals surface area contributed by atoms with E-state index in [0.29, 0.717) is 30.0 Å². The number of benzene rings is 1. The van der Waals surface area contributed by atoms with Crippen LogP contribution in [-0.2, 0) is 22.0 Å². The van der Waals surface area contributed by atoms with Crippen molar-refractivity contribution in [2.75, 3.05) is 20.3 Å². The van der Waals surface area contributed by atoms with Crippen molar-refractivity contribution in [2.45, 2.75) is 12.4 Å². The number of hydrogen-bond acceptors (Lipinski definition) is 3. The highest BCUT2D eigenvalue weighted by Crippen LogP contribution is 2.24. The standard InChI is InChI=1S/C13H14Cl2FN3O2/c1-21-3-2-17-13(20)7-19-11-5-9(16)8(15)4-10(11)18-12(19)6-14/h4-5H,2-3,6-7H2,1H3,(H,17,20). The summed E-state index contributed by atoms with van der Waals surface area (Å²) in [5, 5.41) is 2.67. The van der Waals surface area contributed by atoms with Crippen LogP contribution in [-0.4, -0.2) is 35.7 Å². The largest absolute Gasteiger partial charge is 0.383 e. The molecule has 0 fully saturated rings. The molecule has 0 saturated carbocycles. The fourth-order valence-corrected chi connectivity index (χ4v) is 2.30. The molecule has 0 aliphatic carbocycles. The molecule has 2 aromatic rings. The molecule has 21 heavy (non-hydrogen) atoms. The summed E-state index contributed by atoms with van der Waals surface area (Å²) in [7, 11) is 1.55. The Hall–Kier alpha value is -1.37. The highest BCUT2D eigenvalue weighted by Gasteiger charge is 2.15. The molecule has 0 saturated heterocycles. The Bertz CT molecular complexity index is 660. The van der Waals surface area contributed by atoms with Crippen LogP contribution < -0.4 is 5.32 Å². The van der Waals surface area contributed by atoms with E-state index in [1.165, 1.54) is 12.1 Å². The van der Waals surface area contributed by atoms with Crippen LogP contribution in [0.15, 0.2) is 12.1 Å². The first kappa shape index (κ1) is 16.0. The quantitative estimate of drug-likeness (QED) is 0.652. The summed E-state index contributed by atoms with van der Waals surface area (Å²) in [5.74, 6) is -0.200. The Morgan fingerprint density at radius 1 is 1.52 bits per heavy atom. The molecule has 1 aromatic heterocycles. The molecule has 0 radical (unpaired) electrons. The molecule has 1 N–H and O–H groups in total. The molecule has 0 atom stereocenters. The number of nitrogens with one attached hydrogen (secondary N) is 1. The van der Waals surface area contributed by atoms with Gasteiger partial charge in [0.1, 0.15) is 18.2 Å². The van der Waals surface area contributed by atoms with Crippen LogP contribution in [0, 0.1) is 5.82 Å². The summed E-state index contributed by atoms with van der Waals surface area (Å²) in [6.07, 6.45) is 0. The minimum absolute atomic E-state index is 0.00331. The normalized spacial score (nSPS) is 11.0. The first-order valence-corrected chi connectivity index (χ1v) is 7.13. The van der Waals surface area contributed by atoms with Crippen molar-refractivity contribution in [1.82, 2.24) is 14.9 Å².